The molecule has 42 heavy (non-hydrogen) atoms. The SMILES string of the molecule is C[Si](C)(C)CCOC(=O)N[C@H]1CC[C@H]2CCCN(C(=O)c3ccnc(-c4cnn5ccc(-c6ccccc6)nc45)c3)[C@H]21. The number of nitrogens with one attached hydrogen (secondary N) is 1. The summed E-state index contributed by atoms with van der Waals surface area (Å²) in [5.41, 5.74) is 4.52. The lowest BCUT2D eigenvalue weighted by Crippen LogP contribution is -2.55. The number of piperidine rings is 1. The second kappa shape index (κ2) is 11.7. The summed E-state index contributed by atoms with van der Waals surface area (Å²) in [5.74, 6) is 0.333. The van der Waals surface area contributed by atoms with Gasteiger partial charge in [0.15, 0.2) is 5.65 Å². The molecule has 2 fully saturated rings. The minimum atomic E-state index is -1.29. The summed E-state index contributed by atoms with van der Waals surface area (Å²) in [6.45, 7) is 7.90. The van der Waals surface area contributed by atoms with Crippen LogP contribution in [0, 0.1) is 5.92 Å². The van der Waals surface area contributed by atoms with E-state index in [0.29, 0.717) is 36.0 Å². The number of hydrogen-bond donors (Lipinski definition) is 1. The smallest absolute Gasteiger partial charge is 0.407 e. The Morgan fingerprint density at radius 3 is 2.69 bits per heavy atom. The van der Waals surface area contributed by atoms with Crippen LogP contribution in [0.5, 0.6) is 0 Å². The fraction of sp³-hybridized carbons (Fsp3) is 0.406. The Balaban J connectivity index is 1.22. The predicted octanol–water partition coefficient (Wildman–Crippen LogP) is 5.91. The maximum Gasteiger partial charge on any atom is 0.407 e. The number of alkyl carbamates (subject to hydrolysis) is 1. The summed E-state index contributed by atoms with van der Waals surface area (Å²) in [5, 5.41) is 7.58. The monoisotopic (exact) mass is 582 g/mol. The van der Waals surface area contributed by atoms with Gasteiger partial charge in [0.2, 0.25) is 0 Å². The molecule has 9 nitrogen and oxygen atoms in total. The zero-order valence-electron chi connectivity index (χ0n) is 24.5. The third-order valence-electron chi connectivity index (χ3n) is 8.45. The molecule has 1 aromatic carbocycles. The molecule has 2 amide bonds. The van der Waals surface area contributed by atoms with Crippen LogP contribution in [0.4, 0.5) is 4.79 Å². The molecular weight excluding hydrogens is 544 g/mol. The third kappa shape index (κ3) is 5.94. The molecule has 1 N–H and O–H groups in total. The Labute approximate surface area is 247 Å². The predicted molar refractivity (Wildman–Crippen MR) is 165 cm³/mol. The molecule has 6 rings (SSSR count). The van der Waals surface area contributed by atoms with Crippen molar-refractivity contribution in [2.24, 2.45) is 5.92 Å². The van der Waals surface area contributed by atoms with Crippen LogP contribution in [0.1, 0.15) is 36.0 Å². The lowest BCUT2D eigenvalue weighted by atomic mass is 9.90. The van der Waals surface area contributed by atoms with Crippen molar-refractivity contribution >= 4 is 25.7 Å². The number of benzene rings is 1. The van der Waals surface area contributed by atoms with Gasteiger partial charge in [0, 0.05) is 38.1 Å². The van der Waals surface area contributed by atoms with E-state index in [-0.39, 0.29) is 24.1 Å². The first kappa shape index (κ1) is 28.1. The highest BCUT2D eigenvalue weighted by molar-refractivity contribution is 6.76. The van der Waals surface area contributed by atoms with Gasteiger partial charge in [-0.1, -0.05) is 50.0 Å². The van der Waals surface area contributed by atoms with E-state index in [1.807, 2.05) is 53.6 Å². The van der Waals surface area contributed by atoms with Gasteiger partial charge in [0.25, 0.3) is 5.91 Å². The Morgan fingerprint density at radius 1 is 1.05 bits per heavy atom. The van der Waals surface area contributed by atoms with E-state index in [4.69, 9.17) is 9.72 Å². The molecule has 1 aliphatic heterocycles. The number of fused-ring (bicyclic) bond motifs is 2. The number of ether oxygens (including phenoxy) is 1. The second-order valence-corrected chi connectivity index (χ2v) is 18.2. The van der Waals surface area contributed by atoms with Gasteiger partial charge < -0.3 is 15.0 Å². The highest BCUT2D eigenvalue weighted by Gasteiger charge is 2.44. The number of pyridine rings is 1. The quantitative estimate of drug-likeness (QED) is 0.272. The Hall–Kier alpha value is -4.05. The van der Waals surface area contributed by atoms with Crippen molar-refractivity contribution in [1.82, 2.24) is 29.8 Å². The van der Waals surface area contributed by atoms with Gasteiger partial charge in [-0.2, -0.15) is 5.10 Å². The Bertz CT molecular complexity index is 1580. The Morgan fingerprint density at radius 2 is 1.88 bits per heavy atom. The van der Waals surface area contributed by atoms with Crippen molar-refractivity contribution in [1.29, 1.82) is 0 Å². The number of hydrogen-bond acceptors (Lipinski definition) is 6. The van der Waals surface area contributed by atoms with Crippen LogP contribution < -0.4 is 5.32 Å². The number of aromatic nitrogens is 4. The van der Waals surface area contributed by atoms with Crippen molar-refractivity contribution in [3.8, 4) is 22.5 Å². The molecule has 4 heterocycles. The molecule has 0 bridgehead atoms. The molecule has 2 aliphatic rings. The van der Waals surface area contributed by atoms with Gasteiger partial charge >= 0.3 is 6.09 Å². The van der Waals surface area contributed by atoms with Crippen LogP contribution in [0.25, 0.3) is 28.2 Å². The molecule has 218 valence electrons. The minimum absolute atomic E-state index is 0.0384. The van der Waals surface area contributed by atoms with Gasteiger partial charge in [0.05, 0.1) is 41.8 Å². The number of nitrogens with zero attached hydrogens (tertiary/aromatic N) is 5. The first-order valence-corrected chi connectivity index (χ1v) is 18.6. The number of likely N-dealkylation sites (tertiary alicyclic amines) is 1. The fourth-order valence-corrected chi connectivity index (χ4v) is 6.97. The van der Waals surface area contributed by atoms with Crippen LogP contribution in [-0.2, 0) is 4.74 Å². The van der Waals surface area contributed by atoms with E-state index in [9.17, 15) is 9.59 Å². The first-order valence-electron chi connectivity index (χ1n) is 14.9. The molecule has 0 spiro atoms. The van der Waals surface area contributed by atoms with Crippen LogP contribution in [0.2, 0.25) is 25.7 Å². The molecule has 4 aromatic rings. The summed E-state index contributed by atoms with van der Waals surface area (Å²) in [6, 6.07) is 16.3. The maximum atomic E-state index is 14.0. The fourth-order valence-electron chi connectivity index (χ4n) is 6.26. The first-order chi connectivity index (χ1) is 20.3. The molecule has 3 aromatic heterocycles. The van der Waals surface area contributed by atoms with Crippen LogP contribution in [0.3, 0.4) is 0 Å². The summed E-state index contributed by atoms with van der Waals surface area (Å²) < 4.78 is 7.25. The number of rotatable bonds is 7. The van der Waals surface area contributed by atoms with E-state index in [1.165, 1.54) is 0 Å². The Kier molecular flexibility index (Phi) is 7.81. The zero-order chi connectivity index (χ0) is 29.3. The van der Waals surface area contributed by atoms with Crippen LogP contribution in [0.15, 0.2) is 67.1 Å². The van der Waals surface area contributed by atoms with E-state index in [1.54, 1.807) is 23.0 Å². The standard InChI is InChI=1S/C32H38N6O3Si/c1-42(2,3)19-18-41-32(40)36-27-12-11-23-10-7-16-37(29(23)27)31(39)24-13-15-33-28(20-24)25-21-34-38-17-14-26(35-30(25)38)22-8-5-4-6-9-22/h4-6,8-9,13-15,17,20-21,23,27,29H,7,10-12,16,18-19H2,1-3H3,(H,36,40)/t23-,27+,29-/m1/s1. The van der Waals surface area contributed by atoms with Gasteiger partial charge in [0.1, 0.15) is 0 Å². The minimum Gasteiger partial charge on any atom is -0.450 e. The molecule has 0 unspecified atom stereocenters. The largest absolute Gasteiger partial charge is 0.450 e. The summed E-state index contributed by atoms with van der Waals surface area (Å²) in [6.07, 6.45) is 8.80. The van der Waals surface area contributed by atoms with Gasteiger partial charge in [-0.05, 0) is 55.8 Å². The highest BCUT2D eigenvalue weighted by Crippen LogP contribution is 2.38. The normalized spacial score (nSPS) is 20.4. The average Bonchev–Trinajstić information content (AvgIpc) is 3.60. The van der Waals surface area contributed by atoms with Crippen LogP contribution >= 0.6 is 0 Å². The molecule has 1 aliphatic carbocycles. The maximum absolute atomic E-state index is 14.0. The van der Waals surface area contributed by atoms with Crippen molar-refractivity contribution in [2.45, 2.75) is 63.5 Å². The van der Waals surface area contributed by atoms with Crippen molar-refractivity contribution in [3.05, 3.63) is 72.7 Å². The summed E-state index contributed by atoms with van der Waals surface area (Å²) in [4.78, 5) is 38.1. The molecule has 10 heteroatoms. The van der Waals surface area contributed by atoms with E-state index in [2.05, 4.69) is 35.0 Å². The summed E-state index contributed by atoms with van der Waals surface area (Å²) in [7, 11) is -1.29. The number of carbonyl (C=O) groups excluding carboxylic acids is 2. The van der Waals surface area contributed by atoms with E-state index >= 15 is 0 Å². The molecule has 0 radical (unpaired) electrons. The molecular formula is C32H38N6O3Si. The third-order valence-corrected chi connectivity index (χ3v) is 10.2. The van der Waals surface area contributed by atoms with Gasteiger partial charge in [-0.25, -0.2) is 14.3 Å². The summed E-state index contributed by atoms with van der Waals surface area (Å²) >= 11 is 0. The lowest BCUT2D eigenvalue weighted by molar-refractivity contribution is 0.0494. The molecule has 1 saturated heterocycles. The average molecular weight is 583 g/mol. The van der Waals surface area contributed by atoms with Crippen molar-refractivity contribution in [3.63, 3.8) is 0 Å². The second-order valence-electron chi connectivity index (χ2n) is 12.6. The van der Waals surface area contributed by atoms with Crippen molar-refractivity contribution < 1.29 is 14.3 Å². The van der Waals surface area contributed by atoms with Crippen LogP contribution in [-0.4, -0.2) is 69.8 Å². The van der Waals surface area contributed by atoms with E-state index < -0.39 is 8.07 Å². The molecule has 1 saturated carbocycles. The topological polar surface area (TPSA) is 102 Å². The van der Waals surface area contributed by atoms with Crippen molar-refractivity contribution in [2.75, 3.05) is 13.2 Å². The number of amides is 2. The van der Waals surface area contributed by atoms with Gasteiger partial charge in [-0.15, -0.1) is 0 Å². The lowest BCUT2D eigenvalue weighted by Gasteiger charge is -2.40. The molecule has 3 atom stereocenters. The highest BCUT2D eigenvalue weighted by atomic mass is 28.3. The van der Waals surface area contributed by atoms with E-state index in [0.717, 1.165) is 48.5 Å². The number of carbonyl (C=O) groups is 2. The van der Waals surface area contributed by atoms with Gasteiger partial charge in [-0.3, -0.25) is 9.78 Å². The zero-order valence-corrected chi connectivity index (χ0v) is 25.5.